The summed E-state index contributed by atoms with van der Waals surface area (Å²) in [5.74, 6) is 0. The van der Waals surface area contributed by atoms with Gasteiger partial charge in [-0.05, 0) is 18.4 Å². The Kier molecular flexibility index (Phi) is 4.76. The van der Waals surface area contributed by atoms with Gasteiger partial charge < -0.3 is 4.74 Å². The maximum atomic E-state index is 9.08. The Hall–Kier alpha value is -0.890. The van der Waals surface area contributed by atoms with Crippen LogP contribution in [0.5, 0.6) is 0 Å². The second-order valence-electron chi connectivity index (χ2n) is 3.62. The number of rotatable bonds is 6. The van der Waals surface area contributed by atoms with Gasteiger partial charge in [-0.25, -0.2) is 0 Å². The third-order valence-electron chi connectivity index (χ3n) is 2.29. The van der Waals surface area contributed by atoms with Gasteiger partial charge in [0, 0.05) is 31.6 Å². The minimum Gasteiger partial charge on any atom is -0.385 e. The van der Waals surface area contributed by atoms with E-state index in [2.05, 4.69) is 17.5 Å². The molecule has 1 rings (SSSR count). The normalized spacial score (nSPS) is 14.5. The third kappa shape index (κ3) is 4.00. The molecule has 0 saturated carbocycles. The summed E-state index contributed by atoms with van der Waals surface area (Å²) < 4.78 is 4.99. The molecule has 3 nitrogen and oxygen atoms in total. The average Bonchev–Trinajstić information content (AvgIpc) is 2.76. The van der Waals surface area contributed by atoms with Crippen molar-refractivity contribution in [2.45, 2.75) is 25.4 Å². The van der Waals surface area contributed by atoms with E-state index < -0.39 is 5.54 Å². The van der Waals surface area contributed by atoms with Crippen LogP contribution in [-0.4, -0.2) is 19.3 Å². The van der Waals surface area contributed by atoms with E-state index in [1.54, 1.807) is 18.4 Å². The van der Waals surface area contributed by atoms with Crippen LogP contribution in [0.2, 0.25) is 0 Å². The molecule has 0 fully saturated rings. The van der Waals surface area contributed by atoms with Gasteiger partial charge in [-0.15, -0.1) is 11.3 Å². The van der Waals surface area contributed by atoms with Crippen LogP contribution in [0.4, 0.5) is 0 Å². The van der Waals surface area contributed by atoms with Crippen LogP contribution < -0.4 is 5.32 Å². The molecule has 15 heavy (non-hydrogen) atoms. The summed E-state index contributed by atoms with van der Waals surface area (Å²) in [5.41, 5.74) is -0.500. The molecule has 0 aromatic carbocycles. The Morgan fingerprint density at radius 3 is 3.00 bits per heavy atom. The summed E-state index contributed by atoms with van der Waals surface area (Å²) >= 11 is 1.69. The van der Waals surface area contributed by atoms with Crippen molar-refractivity contribution in [1.82, 2.24) is 5.32 Å². The summed E-state index contributed by atoms with van der Waals surface area (Å²) in [6.45, 7) is 3.24. The predicted octanol–water partition coefficient (Wildman–Crippen LogP) is 2.16. The maximum Gasteiger partial charge on any atom is 0.106 e. The first-order valence-corrected chi connectivity index (χ1v) is 5.76. The second-order valence-corrected chi connectivity index (χ2v) is 4.65. The summed E-state index contributed by atoms with van der Waals surface area (Å²) in [6, 6.07) is 6.36. The minimum absolute atomic E-state index is 0.500. The number of hydrogen-bond acceptors (Lipinski definition) is 4. The molecule has 1 aromatic heterocycles. The Labute approximate surface area is 94.7 Å². The molecule has 0 spiro atoms. The van der Waals surface area contributed by atoms with Gasteiger partial charge in [0.05, 0.1) is 6.07 Å². The van der Waals surface area contributed by atoms with Crippen molar-refractivity contribution in [3.05, 3.63) is 22.4 Å². The minimum atomic E-state index is -0.500. The van der Waals surface area contributed by atoms with Crippen LogP contribution in [0.25, 0.3) is 0 Å². The van der Waals surface area contributed by atoms with Crippen LogP contribution >= 0.6 is 11.3 Å². The monoisotopic (exact) mass is 224 g/mol. The first kappa shape index (κ1) is 12.2. The van der Waals surface area contributed by atoms with E-state index in [0.29, 0.717) is 13.0 Å². The molecule has 0 bridgehead atoms. The Morgan fingerprint density at radius 2 is 2.47 bits per heavy atom. The number of ether oxygens (including phenoxy) is 1. The fraction of sp³-hybridized carbons (Fsp3) is 0.545. The lowest BCUT2D eigenvalue weighted by atomic mass is 10.0. The van der Waals surface area contributed by atoms with E-state index in [-0.39, 0.29) is 0 Å². The molecule has 0 aliphatic heterocycles. The molecular formula is C11H16N2OS. The predicted molar refractivity (Wildman–Crippen MR) is 61.7 cm³/mol. The average molecular weight is 224 g/mol. The zero-order valence-corrected chi connectivity index (χ0v) is 9.93. The lowest BCUT2D eigenvalue weighted by molar-refractivity contribution is 0.173. The molecule has 1 N–H and O–H groups in total. The fourth-order valence-electron chi connectivity index (χ4n) is 1.19. The topological polar surface area (TPSA) is 45.0 Å². The largest absolute Gasteiger partial charge is 0.385 e. The molecule has 0 radical (unpaired) electrons. The quantitative estimate of drug-likeness (QED) is 0.805. The molecule has 0 aliphatic carbocycles. The molecule has 82 valence electrons. The van der Waals surface area contributed by atoms with Crippen molar-refractivity contribution in [1.29, 1.82) is 5.26 Å². The van der Waals surface area contributed by atoms with Crippen molar-refractivity contribution in [3.63, 3.8) is 0 Å². The van der Waals surface area contributed by atoms with Crippen molar-refractivity contribution < 1.29 is 4.74 Å². The van der Waals surface area contributed by atoms with Crippen molar-refractivity contribution in [2.75, 3.05) is 13.7 Å². The SMILES string of the molecule is COCCC(C)(C#N)NCc1cccs1. The summed E-state index contributed by atoms with van der Waals surface area (Å²) in [4.78, 5) is 1.24. The van der Waals surface area contributed by atoms with Crippen LogP contribution in [-0.2, 0) is 11.3 Å². The molecule has 1 unspecified atom stereocenters. The highest BCUT2D eigenvalue weighted by Gasteiger charge is 2.22. The van der Waals surface area contributed by atoms with Crippen molar-refractivity contribution >= 4 is 11.3 Å². The number of nitrogens with one attached hydrogen (secondary N) is 1. The Morgan fingerprint density at radius 1 is 1.67 bits per heavy atom. The van der Waals surface area contributed by atoms with Crippen molar-refractivity contribution in [2.24, 2.45) is 0 Å². The number of methoxy groups -OCH3 is 1. The van der Waals surface area contributed by atoms with E-state index in [4.69, 9.17) is 10.00 Å². The number of thiophene rings is 1. The van der Waals surface area contributed by atoms with Gasteiger partial charge in [0.2, 0.25) is 0 Å². The van der Waals surface area contributed by atoms with E-state index in [1.807, 2.05) is 18.4 Å². The van der Waals surface area contributed by atoms with E-state index in [9.17, 15) is 0 Å². The summed E-state index contributed by atoms with van der Waals surface area (Å²) in [6.07, 6.45) is 0.700. The first-order chi connectivity index (χ1) is 7.20. The van der Waals surface area contributed by atoms with Gasteiger partial charge in [0.1, 0.15) is 5.54 Å². The molecular weight excluding hydrogens is 208 g/mol. The molecule has 0 amide bonds. The fourth-order valence-corrected chi connectivity index (χ4v) is 1.83. The van der Waals surface area contributed by atoms with Gasteiger partial charge in [-0.3, -0.25) is 5.32 Å². The van der Waals surface area contributed by atoms with E-state index >= 15 is 0 Å². The van der Waals surface area contributed by atoms with Crippen LogP contribution in [0.3, 0.4) is 0 Å². The summed E-state index contributed by atoms with van der Waals surface area (Å²) in [7, 11) is 1.65. The number of hydrogen-bond donors (Lipinski definition) is 1. The van der Waals surface area contributed by atoms with Gasteiger partial charge in [0.15, 0.2) is 0 Å². The summed E-state index contributed by atoms with van der Waals surface area (Å²) in [5, 5.41) is 14.4. The van der Waals surface area contributed by atoms with Crippen LogP contribution in [0, 0.1) is 11.3 Å². The molecule has 1 heterocycles. The second kappa shape index (κ2) is 5.86. The highest BCUT2D eigenvalue weighted by atomic mass is 32.1. The molecule has 1 aromatic rings. The van der Waals surface area contributed by atoms with E-state index in [1.165, 1.54) is 4.88 Å². The lowest BCUT2D eigenvalue weighted by Crippen LogP contribution is -2.41. The Balaban J connectivity index is 2.43. The third-order valence-corrected chi connectivity index (χ3v) is 3.16. The number of nitriles is 1. The van der Waals surface area contributed by atoms with Gasteiger partial charge in [0.25, 0.3) is 0 Å². The molecule has 4 heteroatoms. The highest BCUT2D eigenvalue weighted by Crippen LogP contribution is 2.13. The standard InChI is InChI=1S/C11H16N2OS/c1-11(9-12,5-6-14-2)13-8-10-4-3-7-15-10/h3-4,7,13H,5-6,8H2,1-2H3. The lowest BCUT2D eigenvalue weighted by Gasteiger charge is -2.22. The molecule has 0 aliphatic rings. The first-order valence-electron chi connectivity index (χ1n) is 4.88. The van der Waals surface area contributed by atoms with Crippen LogP contribution in [0.1, 0.15) is 18.2 Å². The van der Waals surface area contributed by atoms with Gasteiger partial charge in [-0.1, -0.05) is 6.07 Å². The molecule has 0 saturated heterocycles. The number of nitrogens with zero attached hydrogens (tertiary/aromatic N) is 1. The van der Waals surface area contributed by atoms with Gasteiger partial charge in [-0.2, -0.15) is 5.26 Å². The van der Waals surface area contributed by atoms with E-state index in [0.717, 1.165) is 6.54 Å². The van der Waals surface area contributed by atoms with Crippen LogP contribution in [0.15, 0.2) is 17.5 Å². The zero-order chi connectivity index (χ0) is 11.1. The highest BCUT2D eigenvalue weighted by molar-refractivity contribution is 7.09. The molecule has 1 atom stereocenters. The van der Waals surface area contributed by atoms with Crippen molar-refractivity contribution in [3.8, 4) is 6.07 Å². The smallest absolute Gasteiger partial charge is 0.106 e. The van der Waals surface area contributed by atoms with Gasteiger partial charge >= 0.3 is 0 Å². The zero-order valence-electron chi connectivity index (χ0n) is 9.12. The maximum absolute atomic E-state index is 9.08. The Bertz CT molecular complexity index is 318.